The molecule has 0 radical (unpaired) electrons. The number of hydrogen-bond acceptors (Lipinski definition) is 12. The zero-order chi connectivity index (χ0) is 42.0. The highest BCUT2D eigenvalue weighted by molar-refractivity contribution is 8.76. The SMILES string of the molecule is NC(CS)C(=O)NC(Cc1ccccc1)C(=O)O.NC(CSSCC(N)C(=O)NC(Cc1ccccc1)C(=O)O)C(=O)CC(Cc1ccccc1)C(=O)O.[2H][3H].[3HH]. The molecule has 11 N–H and O–H groups in total. The first kappa shape index (κ1) is 44.0. The molecule has 0 aromatic heterocycles. The van der Waals surface area contributed by atoms with E-state index in [1.807, 2.05) is 54.6 Å². The van der Waals surface area contributed by atoms with E-state index in [2.05, 4.69) is 23.3 Å². The summed E-state index contributed by atoms with van der Waals surface area (Å²) in [5, 5.41) is 32.8. The van der Waals surface area contributed by atoms with Crippen LogP contribution in [0.1, 0.15) is 27.5 Å². The smallest absolute Gasteiger partial charge is 0.326 e. The standard InChI is InChI=1S/C25H31N3O6S2.C12H16N2O3S.2H2/c26-19(22(29)13-18(24(31)32)11-16-7-3-1-4-8-16)14-35-36-15-20(27)23(30)28-21(25(33)34)12-17-9-5-2-6-10-17;13-9(7-18)11(15)14-10(12(16)17)6-8-4-2-1-3-5-8;;/h1-10,18-21H,11-15,26-27H2,(H,28,30)(H,31,32)(H,33,34);1-5,9-10,18H,6-7,13H2,(H,14,15)(H,16,17);2*1H/i;;1+2D;1+2. The van der Waals surface area contributed by atoms with Crippen molar-refractivity contribution in [3.63, 3.8) is 0 Å². The highest BCUT2D eigenvalue weighted by Crippen LogP contribution is 2.23. The van der Waals surface area contributed by atoms with Crippen molar-refractivity contribution in [1.82, 2.24) is 10.6 Å². The minimum absolute atomic E-state index is 0. The molecule has 17 heteroatoms. The number of ketones is 1. The minimum atomic E-state index is -1.15. The normalized spacial score (nSPS) is 14.2. The highest BCUT2D eigenvalue weighted by Gasteiger charge is 2.27. The van der Waals surface area contributed by atoms with Gasteiger partial charge in [0.25, 0.3) is 0 Å². The van der Waals surface area contributed by atoms with Gasteiger partial charge >= 0.3 is 17.9 Å². The van der Waals surface area contributed by atoms with Gasteiger partial charge in [-0.2, -0.15) is 12.6 Å². The van der Waals surface area contributed by atoms with Crippen LogP contribution in [0.5, 0.6) is 0 Å². The van der Waals surface area contributed by atoms with Crippen molar-refractivity contribution in [3.8, 4) is 0 Å². The number of hydrogen-bond donors (Lipinski definition) is 9. The lowest BCUT2D eigenvalue weighted by Gasteiger charge is -2.18. The highest BCUT2D eigenvalue weighted by atomic mass is 33.1. The van der Waals surface area contributed by atoms with Gasteiger partial charge in [-0.3, -0.25) is 19.2 Å². The monoisotopic (exact) mass is 810 g/mol. The second-order valence-corrected chi connectivity index (χ2v) is 15.1. The number of carboxylic acid groups (broad SMARTS) is 3. The molecule has 0 spiro atoms. The quantitative estimate of drug-likeness (QED) is 0.0401. The van der Waals surface area contributed by atoms with E-state index >= 15 is 0 Å². The Bertz CT molecular complexity index is 1580. The maximum atomic E-state index is 12.5. The van der Waals surface area contributed by atoms with E-state index < -0.39 is 65.8 Å². The van der Waals surface area contributed by atoms with Crippen LogP contribution >= 0.6 is 34.2 Å². The first-order valence-corrected chi connectivity index (χ1v) is 19.9. The summed E-state index contributed by atoms with van der Waals surface area (Å²) in [5.74, 6) is -5.02. The summed E-state index contributed by atoms with van der Waals surface area (Å²) in [6.07, 6.45) is 0.426. The van der Waals surface area contributed by atoms with Gasteiger partial charge in [-0.25, -0.2) is 9.59 Å². The van der Waals surface area contributed by atoms with Gasteiger partial charge < -0.3 is 43.2 Å². The van der Waals surface area contributed by atoms with E-state index in [1.54, 1.807) is 36.4 Å². The Labute approximate surface area is 331 Å². The number of carbonyl (C=O) groups excluding carboxylic acids is 3. The van der Waals surface area contributed by atoms with Crippen molar-refractivity contribution in [2.24, 2.45) is 23.1 Å². The Morgan fingerprint density at radius 3 is 1.35 bits per heavy atom. The topological polar surface area (TPSA) is 265 Å². The zero-order valence-corrected chi connectivity index (χ0v) is 31.9. The molecule has 0 aliphatic carbocycles. The van der Waals surface area contributed by atoms with Crippen molar-refractivity contribution in [2.45, 2.75) is 55.9 Å². The molecular formula is C37H51N5O9S3. The molecule has 0 heterocycles. The molecule has 3 aromatic rings. The third-order valence-electron chi connectivity index (χ3n) is 7.78. The van der Waals surface area contributed by atoms with E-state index in [4.69, 9.17) is 25.3 Å². The molecule has 6 atom stereocenters. The maximum Gasteiger partial charge on any atom is 0.326 e. The van der Waals surface area contributed by atoms with Crippen LogP contribution < -0.4 is 27.8 Å². The van der Waals surface area contributed by atoms with Crippen LogP contribution in [-0.4, -0.2) is 98.3 Å². The number of amides is 2. The molecule has 3 rings (SSSR count). The number of aliphatic carboxylic acids is 3. The number of Topliss-reactive ketones (excluding diaryl/α,β-unsaturated/α-hetero) is 1. The summed E-state index contributed by atoms with van der Waals surface area (Å²) in [6.45, 7) is 0. The van der Waals surface area contributed by atoms with Gasteiger partial charge in [-0.15, -0.1) is 0 Å². The van der Waals surface area contributed by atoms with Crippen LogP contribution in [0.25, 0.3) is 0 Å². The van der Waals surface area contributed by atoms with Crippen LogP contribution in [0.15, 0.2) is 91.0 Å². The summed E-state index contributed by atoms with van der Waals surface area (Å²) in [4.78, 5) is 70.6. The Morgan fingerprint density at radius 1 is 0.611 bits per heavy atom. The van der Waals surface area contributed by atoms with Gasteiger partial charge in [0.1, 0.15) is 12.1 Å². The van der Waals surface area contributed by atoms with Crippen LogP contribution in [0.3, 0.4) is 0 Å². The van der Waals surface area contributed by atoms with Gasteiger partial charge in [0.05, 0.1) is 24.0 Å². The number of benzene rings is 3. The van der Waals surface area contributed by atoms with Crippen molar-refractivity contribution < 1.29 is 48.5 Å². The number of carboxylic acids is 3. The van der Waals surface area contributed by atoms with Crippen LogP contribution in [-0.2, 0) is 48.0 Å². The van der Waals surface area contributed by atoms with E-state index in [0.717, 1.165) is 16.7 Å². The molecule has 6 unspecified atom stereocenters. The number of rotatable bonds is 22. The van der Waals surface area contributed by atoms with E-state index in [1.165, 1.54) is 21.6 Å². The fraction of sp³-hybridized carbons (Fsp3) is 0.351. The van der Waals surface area contributed by atoms with E-state index in [9.17, 15) is 39.0 Å². The average molecular weight is 811 g/mol. The Balaban J connectivity index is 0.00000126. The summed E-state index contributed by atoms with van der Waals surface area (Å²) >= 11 is 3.90. The second kappa shape index (κ2) is 24.8. The lowest BCUT2D eigenvalue weighted by Crippen LogP contribution is -2.50. The number of thiol groups is 1. The fourth-order valence-corrected chi connectivity index (χ4v) is 7.14. The van der Waals surface area contributed by atoms with E-state index in [0.29, 0.717) is 0 Å². The zero-order valence-electron chi connectivity index (χ0n) is 31.4. The van der Waals surface area contributed by atoms with Crippen LogP contribution in [0.2, 0.25) is 0 Å². The molecule has 0 fully saturated rings. The Hall–Kier alpha value is -4.39. The largest absolute Gasteiger partial charge is 0.481 e. The third-order valence-corrected chi connectivity index (χ3v) is 10.6. The molecule has 0 saturated heterocycles. The van der Waals surface area contributed by atoms with Crippen LogP contribution in [0.4, 0.5) is 0 Å². The lowest BCUT2D eigenvalue weighted by molar-refractivity contribution is -0.144. The molecule has 3 aromatic carbocycles. The van der Waals surface area contributed by atoms with Gasteiger partial charge in [0, 0.05) is 40.9 Å². The molecule has 54 heavy (non-hydrogen) atoms. The number of carbonyl (C=O) groups is 6. The van der Waals surface area contributed by atoms with Gasteiger partial charge in [0.2, 0.25) is 11.8 Å². The molecule has 0 bridgehead atoms. The predicted molar refractivity (Wildman–Crippen MR) is 217 cm³/mol. The molecule has 296 valence electrons. The molecular weight excluding hydrogens is 755 g/mol. The first-order valence-electron chi connectivity index (χ1n) is 17.8. The van der Waals surface area contributed by atoms with Crippen molar-refractivity contribution in [2.75, 3.05) is 17.3 Å². The molecule has 0 saturated carbocycles. The first-order chi connectivity index (χ1) is 26.7. The third kappa shape index (κ3) is 17.6. The van der Waals surface area contributed by atoms with Crippen LogP contribution in [0, 0.1) is 5.92 Å². The average Bonchev–Trinajstić information content (AvgIpc) is 3.20. The minimum Gasteiger partial charge on any atom is -0.481 e. The fourth-order valence-electron chi connectivity index (χ4n) is 4.69. The summed E-state index contributed by atoms with van der Waals surface area (Å²) < 4.78 is 10.0. The number of nitrogens with one attached hydrogen (secondary N) is 2. The molecule has 2 amide bonds. The van der Waals surface area contributed by atoms with Crippen molar-refractivity contribution in [3.05, 3.63) is 108 Å². The van der Waals surface area contributed by atoms with Gasteiger partial charge in [-0.05, 0) is 23.1 Å². The van der Waals surface area contributed by atoms with E-state index in [-0.39, 0.29) is 50.2 Å². The summed E-state index contributed by atoms with van der Waals surface area (Å²) in [5.41, 5.74) is 19.8. The Kier molecular flexibility index (Phi) is 20.2. The van der Waals surface area contributed by atoms with Crippen molar-refractivity contribution >= 4 is 69.7 Å². The summed E-state index contributed by atoms with van der Waals surface area (Å²) in [7, 11) is 2.49. The van der Waals surface area contributed by atoms with Gasteiger partial charge in [-0.1, -0.05) is 113 Å². The summed E-state index contributed by atoms with van der Waals surface area (Å²) in [6, 6.07) is 22.4. The van der Waals surface area contributed by atoms with Crippen molar-refractivity contribution in [1.29, 1.82) is 0 Å². The Morgan fingerprint density at radius 2 is 0.981 bits per heavy atom. The van der Waals surface area contributed by atoms with Gasteiger partial charge in [0.15, 0.2) is 5.78 Å². The number of nitrogens with two attached hydrogens (primary N) is 3. The maximum absolute atomic E-state index is 12.5. The second-order valence-electron chi connectivity index (χ2n) is 12.1. The molecule has 0 aliphatic rings. The lowest BCUT2D eigenvalue weighted by atomic mass is 9.93. The molecule has 0 aliphatic heterocycles. The molecule has 14 nitrogen and oxygen atoms in total. The predicted octanol–water partition coefficient (Wildman–Crippen LogP) is 2.28.